The molecular weight excluding hydrogens is 338 g/mol. The zero-order valence-electron chi connectivity index (χ0n) is 10.6. The molecule has 2 rings (SSSR count). The maximum atomic E-state index is 11.5. The van der Waals surface area contributed by atoms with Gasteiger partial charge in [0.15, 0.2) is 0 Å². The molecule has 20 heavy (non-hydrogen) atoms. The molecule has 0 heterocycles. The van der Waals surface area contributed by atoms with E-state index < -0.39 is 5.97 Å². The normalized spacial score (nSPS) is 9.85. The third kappa shape index (κ3) is 3.41. The fraction of sp³-hybridized carbons (Fsp3) is 0.0667. The van der Waals surface area contributed by atoms with Crippen LogP contribution in [0, 0.1) is 11.3 Å². The zero-order chi connectivity index (χ0) is 14.5. The van der Waals surface area contributed by atoms with Crippen molar-refractivity contribution in [2.45, 2.75) is 9.79 Å². The molecule has 0 spiro atoms. The lowest BCUT2D eigenvalue weighted by Crippen LogP contribution is -2.03. The molecule has 0 aliphatic carbocycles. The van der Waals surface area contributed by atoms with Gasteiger partial charge in [-0.2, -0.15) is 5.26 Å². The summed E-state index contributed by atoms with van der Waals surface area (Å²) in [5, 5.41) is 9.12. The van der Waals surface area contributed by atoms with Gasteiger partial charge in [-0.1, -0.05) is 27.7 Å². The van der Waals surface area contributed by atoms with E-state index in [1.165, 1.54) is 18.9 Å². The summed E-state index contributed by atoms with van der Waals surface area (Å²) in [6.45, 7) is 0. The Balaban J connectivity index is 2.28. The fourth-order valence-corrected chi connectivity index (χ4v) is 2.73. The summed E-state index contributed by atoms with van der Waals surface area (Å²) in [6.07, 6.45) is 0. The molecule has 0 unspecified atom stereocenters. The first-order valence-corrected chi connectivity index (χ1v) is 7.31. The Labute approximate surface area is 129 Å². The van der Waals surface area contributed by atoms with Crippen LogP contribution in [-0.2, 0) is 4.74 Å². The first-order valence-electron chi connectivity index (χ1n) is 5.70. The van der Waals surface area contributed by atoms with Crippen molar-refractivity contribution in [3.05, 3.63) is 58.1 Å². The van der Waals surface area contributed by atoms with Gasteiger partial charge in [0, 0.05) is 14.3 Å². The Hall–Kier alpha value is -1.77. The van der Waals surface area contributed by atoms with Crippen molar-refractivity contribution in [2.24, 2.45) is 0 Å². The average Bonchev–Trinajstić information content (AvgIpc) is 2.48. The van der Waals surface area contributed by atoms with E-state index in [4.69, 9.17) is 5.26 Å². The van der Waals surface area contributed by atoms with E-state index in [0.29, 0.717) is 5.56 Å². The number of esters is 1. The predicted molar refractivity (Wildman–Crippen MR) is 80.8 cm³/mol. The van der Waals surface area contributed by atoms with E-state index in [0.717, 1.165) is 14.3 Å². The van der Waals surface area contributed by atoms with Gasteiger partial charge in [-0.25, -0.2) is 4.79 Å². The van der Waals surface area contributed by atoms with E-state index in [2.05, 4.69) is 20.7 Å². The summed E-state index contributed by atoms with van der Waals surface area (Å²) < 4.78 is 5.66. The maximum absolute atomic E-state index is 11.5. The Morgan fingerprint density at radius 1 is 1.20 bits per heavy atom. The van der Waals surface area contributed by atoms with Crippen LogP contribution < -0.4 is 0 Å². The average molecular weight is 348 g/mol. The van der Waals surface area contributed by atoms with Gasteiger partial charge in [0.2, 0.25) is 0 Å². The number of carbonyl (C=O) groups excluding carboxylic acids is 1. The molecule has 0 bridgehead atoms. The highest BCUT2D eigenvalue weighted by Crippen LogP contribution is 2.30. The van der Waals surface area contributed by atoms with E-state index in [1.54, 1.807) is 18.2 Å². The second kappa shape index (κ2) is 6.60. The maximum Gasteiger partial charge on any atom is 0.339 e. The van der Waals surface area contributed by atoms with Gasteiger partial charge < -0.3 is 4.74 Å². The number of nitriles is 1. The molecule has 0 aliphatic heterocycles. The molecule has 0 amide bonds. The van der Waals surface area contributed by atoms with Crippen molar-refractivity contribution < 1.29 is 9.53 Å². The van der Waals surface area contributed by atoms with Crippen LogP contribution in [0.2, 0.25) is 0 Å². The summed E-state index contributed by atoms with van der Waals surface area (Å²) in [5.74, 6) is -0.498. The van der Waals surface area contributed by atoms with E-state index in [1.807, 2.05) is 30.3 Å². The van der Waals surface area contributed by atoms with Crippen molar-refractivity contribution in [2.75, 3.05) is 7.11 Å². The molecule has 0 fully saturated rings. The third-order valence-electron chi connectivity index (χ3n) is 2.57. The lowest BCUT2D eigenvalue weighted by molar-refractivity contribution is 0.0600. The first-order chi connectivity index (χ1) is 9.63. The number of hydrogen-bond donors (Lipinski definition) is 0. The van der Waals surface area contributed by atoms with Crippen LogP contribution in [0.3, 0.4) is 0 Å². The largest absolute Gasteiger partial charge is 0.465 e. The van der Waals surface area contributed by atoms with Crippen LogP contribution in [-0.4, -0.2) is 13.1 Å². The van der Waals surface area contributed by atoms with Gasteiger partial charge in [0.25, 0.3) is 0 Å². The topological polar surface area (TPSA) is 50.1 Å². The number of benzene rings is 2. The van der Waals surface area contributed by atoms with Gasteiger partial charge >= 0.3 is 5.97 Å². The molecular formula is C15H10BrNO2S. The Kier molecular flexibility index (Phi) is 4.83. The van der Waals surface area contributed by atoms with Gasteiger partial charge in [-0.15, -0.1) is 0 Å². The van der Waals surface area contributed by atoms with Gasteiger partial charge in [0.1, 0.15) is 6.07 Å². The van der Waals surface area contributed by atoms with Gasteiger partial charge in [-0.3, -0.25) is 0 Å². The lowest BCUT2D eigenvalue weighted by Gasteiger charge is -2.05. The highest BCUT2D eigenvalue weighted by molar-refractivity contribution is 9.10. The number of nitrogens with zero attached hydrogens (tertiary/aromatic N) is 1. The van der Waals surface area contributed by atoms with Crippen LogP contribution in [0.4, 0.5) is 0 Å². The van der Waals surface area contributed by atoms with E-state index in [-0.39, 0.29) is 5.56 Å². The molecule has 3 nitrogen and oxygen atoms in total. The number of ether oxygens (including phenoxy) is 1. The summed E-state index contributed by atoms with van der Waals surface area (Å²) >= 11 is 4.91. The second-order valence-corrected chi connectivity index (χ2v) is 5.93. The minimum Gasteiger partial charge on any atom is -0.465 e. The van der Waals surface area contributed by atoms with Gasteiger partial charge in [0.05, 0.1) is 18.2 Å². The van der Waals surface area contributed by atoms with Crippen LogP contribution in [0.15, 0.2) is 56.7 Å². The summed E-state index contributed by atoms with van der Waals surface area (Å²) in [7, 11) is 1.30. The summed E-state index contributed by atoms with van der Waals surface area (Å²) in [5.41, 5.74) is 0.606. The summed E-state index contributed by atoms with van der Waals surface area (Å²) in [6, 6.07) is 15.0. The standard InChI is InChI=1S/C15H10BrNO2S/c1-19-15(18)14-7-6-13(8-10(14)9-17)20-12-4-2-11(16)3-5-12/h2-8H,1H3. The first kappa shape index (κ1) is 14.6. The second-order valence-electron chi connectivity index (χ2n) is 3.87. The number of carbonyl (C=O) groups is 1. The van der Waals surface area contributed by atoms with Crippen LogP contribution in [0.1, 0.15) is 15.9 Å². The van der Waals surface area contributed by atoms with Crippen molar-refractivity contribution in [1.82, 2.24) is 0 Å². The number of halogens is 1. The third-order valence-corrected chi connectivity index (χ3v) is 4.09. The Bertz CT molecular complexity index is 677. The minimum absolute atomic E-state index is 0.287. The van der Waals surface area contributed by atoms with Crippen LogP contribution in [0.5, 0.6) is 0 Å². The van der Waals surface area contributed by atoms with Crippen LogP contribution in [0.25, 0.3) is 0 Å². The number of hydrogen-bond acceptors (Lipinski definition) is 4. The molecule has 0 atom stereocenters. The van der Waals surface area contributed by atoms with Crippen molar-refractivity contribution in [3.8, 4) is 6.07 Å². The Morgan fingerprint density at radius 3 is 2.45 bits per heavy atom. The molecule has 0 radical (unpaired) electrons. The lowest BCUT2D eigenvalue weighted by atomic mass is 10.1. The van der Waals surface area contributed by atoms with Gasteiger partial charge in [-0.05, 0) is 42.5 Å². The fourth-order valence-electron chi connectivity index (χ4n) is 1.61. The minimum atomic E-state index is -0.498. The highest BCUT2D eigenvalue weighted by Gasteiger charge is 2.12. The smallest absolute Gasteiger partial charge is 0.339 e. The molecule has 0 saturated carbocycles. The van der Waals surface area contributed by atoms with Crippen molar-refractivity contribution in [3.63, 3.8) is 0 Å². The van der Waals surface area contributed by atoms with Crippen molar-refractivity contribution >= 4 is 33.7 Å². The molecule has 0 N–H and O–H groups in total. The SMILES string of the molecule is COC(=O)c1ccc(Sc2ccc(Br)cc2)cc1C#N. The molecule has 2 aromatic rings. The number of methoxy groups -OCH3 is 1. The Morgan fingerprint density at radius 2 is 1.85 bits per heavy atom. The molecule has 0 aliphatic rings. The molecule has 100 valence electrons. The predicted octanol–water partition coefficient (Wildman–Crippen LogP) is 4.26. The van der Waals surface area contributed by atoms with E-state index in [9.17, 15) is 4.79 Å². The molecule has 0 aromatic heterocycles. The van der Waals surface area contributed by atoms with Crippen molar-refractivity contribution in [1.29, 1.82) is 5.26 Å². The molecule has 5 heteroatoms. The highest BCUT2D eigenvalue weighted by atomic mass is 79.9. The van der Waals surface area contributed by atoms with E-state index >= 15 is 0 Å². The summed E-state index contributed by atoms with van der Waals surface area (Å²) in [4.78, 5) is 13.5. The monoisotopic (exact) mass is 347 g/mol. The molecule has 2 aromatic carbocycles. The molecule has 0 saturated heterocycles. The number of rotatable bonds is 3. The van der Waals surface area contributed by atoms with Crippen LogP contribution >= 0.6 is 27.7 Å². The zero-order valence-corrected chi connectivity index (χ0v) is 13.0. The quantitative estimate of drug-likeness (QED) is 0.778.